The van der Waals surface area contributed by atoms with Crippen molar-refractivity contribution in [3.63, 3.8) is 0 Å². The Labute approximate surface area is 139 Å². The summed E-state index contributed by atoms with van der Waals surface area (Å²) < 4.78 is 12.1. The van der Waals surface area contributed by atoms with Crippen LogP contribution in [0.4, 0.5) is 0 Å². The van der Waals surface area contributed by atoms with Gasteiger partial charge in [-0.2, -0.15) is 0 Å². The van der Waals surface area contributed by atoms with E-state index in [-0.39, 0.29) is 5.97 Å². The topological polar surface area (TPSA) is 57.5 Å². The number of hydrogen-bond acceptors (Lipinski definition) is 4. The minimum atomic E-state index is -0.954. The molecule has 5 nitrogen and oxygen atoms in total. The average Bonchev–Trinajstić information content (AvgIpc) is 2.91. The van der Waals surface area contributed by atoms with Gasteiger partial charge in [0.15, 0.2) is 0 Å². The first-order chi connectivity index (χ1) is 10.5. The molecule has 130 valence electrons. The van der Waals surface area contributed by atoms with Crippen molar-refractivity contribution < 1.29 is 19.1 Å². The fourth-order valence-electron chi connectivity index (χ4n) is 2.36. The zero-order valence-electron chi connectivity index (χ0n) is 15.3. The molecule has 0 saturated carbocycles. The number of ether oxygens (including phenoxy) is 2. The molecule has 0 aromatic carbocycles. The Balaban J connectivity index is 3.27. The number of rotatable bonds is 6. The van der Waals surface area contributed by atoms with Gasteiger partial charge in [0, 0.05) is 6.20 Å². The minimum absolute atomic E-state index is 0.341. The van der Waals surface area contributed by atoms with E-state index >= 15 is 0 Å². The summed E-state index contributed by atoms with van der Waals surface area (Å²) in [5.41, 5.74) is -1.19. The molecule has 0 fully saturated rings. The van der Waals surface area contributed by atoms with Gasteiger partial charge in [-0.15, -0.1) is 0 Å². The predicted octanol–water partition coefficient (Wildman–Crippen LogP) is 3.77. The number of carbonyl (C=O) groups excluding carboxylic acids is 2. The van der Waals surface area contributed by atoms with E-state index in [1.165, 1.54) is 7.11 Å². The van der Waals surface area contributed by atoms with Crippen molar-refractivity contribution in [3.8, 4) is 0 Å². The first kappa shape index (κ1) is 19.3. The van der Waals surface area contributed by atoms with Gasteiger partial charge in [-0.3, -0.25) is 0 Å². The van der Waals surface area contributed by atoms with Crippen molar-refractivity contribution in [1.82, 2.24) is 4.57 Å². The van der Waals surface area contributed by atoms with Crippen LogP contribution >= 0.6 is 0 Å². The van der Waals surface area contributed by atoms with Gasteiger partial charge in [-0.05, 0) is 58.6 Å². The molecule has 0 spiro atoms. The molecule has 23 heavy (non-hydrogen) atoms. The summed E-state index contributed by atoms with van der Waals surface area (Å²) in [5.74, 6) is -0.366. The van der Waals surface area contributed by atoms with Crippen molar-refractivity contribution >= 4 is 11.9 Å². The summed E-state index contributed by atoms with van der Waals surface area (Å²) in [6, 6.07) is 3.40. The number of hydrogen-bond donors (Lipinski definition) is 0. The molecular weight excluding hydrogens is 294 g/mol. The number of aromatic nitrogens is 1. The Kier molecular flexibility index (Phi) is 6.03. The van der Waals surface area contributed by atoms with Gasteiger partial charge in [0.2, 0.25) is 0 Å². The van der Waals surface area contributed by atoms with Gasteiger partial charge < -0.3 is 14.0 Å². The summed E-state index contributed by atoms with van der Waals surface area (Å²) in [4.78, 5) is 24.9. The van der Waals surface area contributed by atoms with Crippen molar-refractivity contribution in [2.45, 2.75) is 65.5 Å². The fourth-order valence-corrected chi connectivity index (χ4v) is 2.36. The molecule has 1 rings (SSSR count). The normalized spacial score (nSPS) is 14.4. The highest BCUT2D eigenvalue weighted by Gasteiger charge is 2.40. The lowest BCUT2D eigenvalue weighted by Gasteiger charge is -2.34. The fraction of sp³-hybridized carbons (Fsp3) is 0.667. The largest absolute Gasteiger partial charge is 0.464 e. The van der Waals surface area contributed by atoms with Gasteiger partial charge in [-0.1, -0.05) is 13.8 Å². The highest BCUT2D eigenvalue weighted by molar-refractivity contribution is 5.89. The van der Waals surface area contributed by atoms with Crippen LogP contribution in [0.3, 0.4) is 0 Å². The molecule has 5 heteroatoms. The minimum Gasteiger partial charge on any atom is -0.464 e. The molecule has 0 bridgehead atoms. The van der Waals surface area contributed by atoms with Crippen LogP contribution in [0, 0.1) is 5.92 Å². The second-order valence-corrected chi connectivity index (χ2v) is 7.46. The molecule has 0 saturated heterocycles. The summed E-state index contributed by atoms with van der Waals surface area (Å²) >= 11 is 0. The third kappa shape index (κ3) is 4.85. The van der Waals surface area contributed by atoms with Crippen LogP contribution in [-0.2, 0) is 19.8 Å². The van der Waals surface area contributed by atoms with E-state index in [1.807, 2.05) is 27.7 Å². The van der Waals surface area contributed by atoms with E-state index in [0.29, 0.717) is 18.0 Å². The van der Waals surface area contributed by atoms with E-state index in [1.54, 1.807) is 22.9 Å². The first-order valence-corrected chi connectivity index (χ1v) is 8.01. The monoisotopic (exact) mass is 323 g/mol. The SMILES string of the molecule is COC(=O)c1cccn1C(C)(CCC(C)C)C(=O)OC(C)(C)C. The lowest BCUT2D eigenvalue weighted by molar-refractivity contribution is -0.166. The molecule has 0 aliphatic rings. The van der Waals surface area contributed by atoms with Crippen molar-refractivity contribution in [1.29, 1.82) is 0 Å². The molecule has 0 amide bonds. The van der Waals surface area contributed by atoms with E-state index in [2.05, 4.69) is 13.8 Å². The third-order valence-electron chi connectivity index (χ3n) is 3.72. The smallest absolute Gasteiger partial charge is 0.354 e. The number of methoxy groups -OCH3 is 1. The molecule has 1 aromatic heterocycles. The van der Waals surface area contributed by atoms with E-state index in [9.17, 15) is 9.59 Å². The van der Waals surface area contributed by atoms with Crippen LogP contribution in [0.5, 0.6) is 0 Å². The molecule has 1 aromatic rings. The van der Waals surface area contributed by atoms with Crippen molar-refractivity contribution in [2.75, 3.05) is 7.11 Å². The lowest BCUT2D eigenvalue weighted by Crippen LogP contribution is -2.44. The van der Waals surface area contributed by atoms with Crippen LogP contribution in [0.15, 0.2) is 18.3 Å². The number of carbonyl (C=O) groups is 2. The standard InChI is InChI=1S/C18H29NO4/c1-13(2)10-11-18(6,16(21)23-17(3,4)5)19-12-8-9-14(19)15(20)22-7/h8-9,12-13H,10-11H2,1-7H3. The van der Waals surface area contributed by atoms with Crippen molar-refractivity contribution in [2.24, 2.45) is 5.92 Å². The van der Waals surface area contributed by atoms with E-state index in [4.69, 9.17) is 9.47 Å². The zero-order valence-corrected chi connectivity index (χ0v) is 15.3. The molecule has 0 N–H and O–H groups in total. The average molecular weight is 323 g/mol. The molecule has 1 atom stereocenters. The van der Waals surface area contributed by atoms with Crippen LogP contribution in [0.25, 0.3) is 0 Å². The Morgan fingerprint density at radius 3 is 2.30 bits per heavy atom. The molecule has 1 unspecified atom stereocenters. The summed E-state index contributed by atoms with van der Waals surface area (Å²) in [5, 5.41) is 0. The highest BCUT2D eigenvalue weighted by atomic mass is 16.6. The maximum absolute atomic E-state index is 12.9. The molecule has 0 aliphatic heterocycles. The Bertz CT molecular complexity index is 554. The Morgan fingerprint density at radius 2 is 1.83 bits per heavy atom. The van der Waals surface area contributed by atoms with Gasteiger partial charge >= 0.3 is 11.9 Å². The maximum Gasteiger partial charge on any atom is 0.354 e. The second kappa shape index (κ2) is 7.20. The Morgan fingerprint density at radius 1 is 1.22 bits per heavy atom. The van der Waals surface area contributed by atoms with Gasteiger partial charge in [-0.25, -0.2) is 9.59 Å². The van der Waals surface area contributed by atoms with Crippen LogP contribution < -0.4 is 0 Å². The van der Waals surface area contributed by atoms with Crippen LogP contribution in [-0.4, -0.2) is 29.2 Å². The predicted molar refractivity (Wildman–Crippen MR) is 89.3 cm³/mol. The van der Waals surface area contributed by atoms with Crippen molar-refractivity contribution in [3.05, 3.63) is 24.0 Å². The van der Waals surface area contributed by atoms with E-state index in [0.717, 1.165) is 6.42 Å². The molecule has 0 radical (unpaired) electrons. The van der Waals surface area contributed by atoms with Gasteiger partial charge in [0.25, 0.3) is 0 Å². The third-order valence-corrected chi connectivity index (χ3v) is 3.72. The number of nitrogens with zero attached hydrogens (tertiary/aromatic N) is 1. The summed E-state index contributed by atoms with van der Waals surface area (Å²) in [6.45, 7) is 11.5. The van der Waals surface area contributed by atoms with Crippen LogP contribution in [0.2, 0.25) is 0 Å². The lowest BCUT2D eigenvalue weighted by atomic mass is 9.91. The van der Waals surface area contributed by atoms with Gasteiger partial charge in [0.1, 0.15) is 16.8 Å². The molecular formula is C18H29NO4. The maximum atomic E-state index is 12.9. The highest BCUT2D eigenvalue weighted by Crippen LogP contribution is 2.30. The second-order valence-electron chi connectivity index (χ2n) is 7.46. The number of esters is 2. The van der Waals surface area contributed by atoms with E-state index < -0.39 is 17.1 Å². The molecule has 0 aliphatic carbocycles. The summed E-state index contributed by atoms with van der Waals surface area (Å²) in [7, 11) is 1.33. The van der Waals surface area contributed by atoms with Gasteiger partial charge in [0.05, 0.1) is 7.11 Å². The summed E-state index contributed by atoms with van der Waals surface area (Å²) in [6.07, 6.45) is 3.16. The zero-order chi connectivity index (χ0) is 17.8. The first-order valence-electron chi connectivity index (χ1n) is 8.01. The molecule has 1 heterocycles. The Hall–Kier alpha value is -1.78. The quantitative estimate of drug-likeness (QED) is 0.748. The van der Waals surface area contributed by atoms with Crippen LogP contribution in [0.1, 0.15) is 64.9 Å².